The monoisotopic (exact) mass is 239 g/mol. The highest BCUT2D eigenvalue weighted by molar-refractivity contribution is 5.85. The van der Waals surface area contributed by atoms with Crippen LogP contribution in [0.1, 0.15) is 25.7 Å². The van der Waals surface area contributed by atoms with Crippen molar-refractivity contribution in [1.82, 2.24) is 15.1 Å². The van der Waals surface area contributed by atoms with Crippen molar-refractivity contribution < 1.29 is 9.59 Å². The molecule has 1 heterocycles. The minimum Gasteiger partial charge on any atom is -0.346 e. The van der Waals surface area contributed by atoms with Crippen LogP contribution >= 0.6 is 0 Å². The molecule has 2 aliphatic rings. The van der Waals surface area contributed by atoms with Crippen molar-refractivity contribution in [3.63, 3.8) is 0 Å². The number of likely N-dealkylation sites (N-methyl/N-ethyl adjacent to an activating group) is 1. The molecule has 1 saturated heterocycles. The third-order valence-corrected chi connectivity index (χ3v) is 3.46. The molecular weight excluding hydrogens is 218 g/mol. The average Bonchev–Trinajstić information content (AvgIpc) is 3.02. The average molecular weight is 239 g/mol. The molecule has 1 aliphatic heterocycles. The lowest BCUT2D eigenvalue weighted by Gasteiger charge is -2.17. The molecular formula is C12H21N3O2. The largest absolute Gasteiger partial charge is 0.346 e. The highest BCUT2D eigenvalue weighted by atomic mass is 16.2. The summed E-state index contributed by atoms with van der Waals surface area (Å²) in [4.78, 5) is 27.1. The quantitative estimate of drug-likeness (QED) is 0.724. The van der Waals surface area contributed by atoms with Gasteiger partial charge in [0, 0.05) is 19.1 Å². The number of carbonyl (C=O) groups excluding carboxylic acids is 2. The Bertz CT molecular complexity index is 296. The van der Waals surface area contributed by atoms with Crippen molar-refractivity contribution in [3.8, 4) is 0 Å². The van der Waals surface area contributed by atoms with Crippen LogP contribution in [0.3, 0.4) is 0 Å². The van der Waals surface area contributed by atoms with Gasteiger partial charge in [0.25, 0.3) is 0 Å². The van der Waals surface area contributed by atoms with Crippen molar-refractivity contribution in [2.75, 3.05) is 33.2 Å². The van der Waals surface area contributed by atoms with Crippen molar-refractivity contribution >= 4 is 11.8 Å². The summed E-state index contributed by atoms with van der Waals surface area (Å²) in [6.45, 7) is 2.24. The minimum absolute atomic E-state index is 0.0462. The molecule has 1 aliphatic carbocycles. The lowest BCUT2D eigenvalue weighted by Crippen LogP contribution is -2.42. The number of likely N-dealkylation sites (tertiary alicyclic amines) is 1. The lowest BCUT2D eigenvalue weighted by molar-refractivity contribution is -0.132. The van der Waals surface area contributed by atoms with Gasteiger partial charge >= 0.3 is 0 Å². The summed E-state index contributed by atoms with van der Waals surface area (Å²) in [6, 6.07) is 0.579. The van der Waals surface area contributed by atoms with E-state index in [1.807, 2.05) is 11.9 Å². The van der Waals surface area contributed by atoms with E-state index in [0.717, 1.165) is 25.9 Å². The summed E-state index contributed by atoms with van der Waals surface area (Å²) >= 11 is 0. The number of nitrogens with one attached hydrogen (secondary N) is 1. The Balaban J connectivity index is 1.62. The molecule has 2 rings (SSSR count). The summed E-state index contributed by atoms with van der Waals surface area (Å²) in [5, 5.41) is 2.70. The smallest absolute Gasteiger partial charge is 0.241 e. The molecule has 5 heteroatoms. The van der Waals surface area contributed by atoms with Gasteiger partial charge < -0.3 is 10.2 Å². The SMILES string of the molecule is CN(CC(=O)NCC(=O)N1CCCC1)C1CC1. The van der Waals surface area contributed by atoms with Crippen LogP contribution in [0.4, 0.5) is 0 Å². The third-order valence-electron chi connectivity index (χ3n) is 3.46. The van der Waals surface area contributed by atoms with Gasteiger partial charge in [0.2, 0.25) is 11.8 Å². The van der Waals surface area contributed by atoms with Gasteiger partial charge in [-0.1, -0.05) is 0 Å². The molecule has 0 aromatic carbocycles. The first-order valence-electron chi connectivity index (χ1n) is 6.41. The molecule has 17 heavy (non-hydrogen) atoms. The maximum absolute atomic E-state index is 11.7. The van der Waals surface area contributed by atoms with Crippen LogP contribution in [0.25, 0.3) is 0 Å². The summed E-state index contributed by atoms with van der Waals surface area (Å²) in [7, 11) is 1.96. The normalized spacial score (nSPS) is 19.8. The molecule has 0 atom stereocenters. The molecule has 0 spiro atoms. The molecule has 0 bridgehead atoms. The lowest BCUT2D eigenvalue weighted by atomic mass is 10.4. The Morgan fingerprint density at radius 3 is 2.53 bits per heavy atom. The van der Waals surface area contributed by atoms with Gasteiger partial charge in [-0.05, 0) is 32.7 Å². The van der Waals surface area contributed by atoms with E-state index in [1.165, 1.54) is 12.8 Å². The second-order valence-corrected chi connectivity index (χ2v) is 5.01. The van der Waals surface area contributed by atoms with Crippen LogP contribution < -0.4 is 5.32 Å². The maximum Gasteiger partial charge on any atom is 0.241 e. The number of hydrogen-bond acceptors (Lipinski definition) is 3. The minimum atomic E-state index is -0.0491. The summed E-state index contributed by atoms with van der Waals surface area (Å²) in [5.74, 6) is -0.00290. The molecule has 0 unspecified atom stereocenters. The van der Waals surface area contributed by atoms with Crippen molar-refractivity contribution in [2.45, 2.75) is 31.7 Å². The van der Waals surface area contributed by atoms with E-state index in [-0.39, 0.29) is 18.4 Å². The summed E-state index contributed by atoms with van der Waals surface area (Å²) in [5.41, 5.74) is 0. The van der Waals surface area contributed by atoms with Crippen LogP contribution in [0.5, 0.6) is 0 Å². The van der Waals surface area contributed by atoms with E-state index < -0.39 is 0 Å². The Morgan fingerprint density at radius 2 is 1.94 bits per heavy atom. The molecule has 0 aromatic rings. The van der Waals surface area contributed by atoms with Gasteiger partial charge in [0.05, 0.1) is 13.1 Å². The summed E-state index contributed by atoms with van der Waals surface area (Å²) < 4.78 is 0. The number of carbonyl (C=O) groups is 2. The fourth-order valence-corrected chi connectivity index (χ4v) is 2.18. The molecule has 96 valence electrons. The fraction of sp³-hybridized carbons (Fsp3) is 0.833. The Kier molecular flexibility index (Phi) is 3.99. The van der Waals surface area contributed by atoms with E-state index in [0.29, 0.717) is 12.6 Å². The van der Waals surface area contributed by atoms with Crippen LogP contribution in [0, 0.1) is 0 Å². The predicted molar refractivity (Wildman–Crippen MR) is 64.5 cm³/mol. The Hall–Kier alpha value is -1.10. The number of amides is 2. The molecule has 0 radical (unpaired) electrons. The van der Waals surface area contributed by atoms with Crippen molar-refractivity contribution in [2.24, 2.45) is 0 Å². The van der Waals surface area contributed by atoms with E-state index in [9.17, 15) is 9.59 Å². The van der Waals surface area contributed by atoms with Crippen LogP contribution in [-0.2, 0) is 9.59 Å². The van der Waals surface area contributed by atoms with Gasteiger partial charge in [-0.3, -0.25) is 14.5 Å². The zero-order valence-corrected chi connectivity index (χ0v) is 10.4. The molecule has 2 fully saturated rings. The van der Waals surface area contributed by atoms with Gasteiger partial charge in [-0.2, -0.15) is 0 Å². The first-order chi connectivity index (χ1) is 8.16. The van der Waals surface area contributed by atoms with Crippen LogP contribution in [-0.4, -0.2) is 60.9 Å². The first kappa shape index (κ1) is 12.4. The Morgan fingerprint density at radius 1 is 1.29 bits per heavy atom. The fourth-order valence-electron chi connectivity index (χ4n) is 2.18. The zero-order chi connectivity index (χ0) is 12.3. The van der Waals surface area contributed by atoms with Crippen LogP contribution in [0.15, 0.2) is 0 Å². The second kappa shape index (κ2) is 5.49. The zero-order valence-electron chi connectivity index (χ0n) is 10.4. The number of hydrogen-bond donors (Lipinski definition) is 1. The van der Waals surface area contributed by atoms with Gasteiger partial charge in [-0.25, -0.2) is 0 Å². The van der Waals surface area contributed by atoms with E-state index in [4.69, 9.17) is 0 Å². The first-order valence-corrected chi connectivity index (χ1v) is 6.41. The highest BCUT2D eigenvalue weighted by Gasteiger charge is 2.27. The molecule has 0 aromatic heterocycles. The van der Waals surface area contributed by atoms with Crippen molar-refractivity contribution in [3.05, 3.63) is 0 Å². The molecule has 2 amide bonds. The topological polar surface area (TPSA) is 52.7 Å². The molecule has 1 saturated carbocycles. The maximum atomic E-state index is 11.7. The van der Waals surface area contributed by atoms with Gasteiger partial charge in [0.1, 0.15) is 0 Å². The standard InChI is InChI=1S/C12H21N3O2/c1-14(10-4-5-10)9-11(16)13-8-12(17)15-6-2-3-7-15/h10H,2-9H2,1H3,(H,13,16). The summed E-state index contributed by atoms with van der Waals surface area (Å²) in [6.07, 6.45) is 4.56. The highest BCUT2D eigenvalue weighted by Crippen LogP contribution is 2.24. The van der Waals surface area contributed by atoms with E-state index >= 15 is 0 Å². The number of rotatable bonds is 5. The predicted octanol–water partition coefficient (Wildman–Crippen LogP) is -0.181. The van der Waals surface area contributed by atoms with Crippen molar-refractivity contribution in [1.29, 1.82) is 0 Å². The van der Waals surface area contributed by atoms with E-state index in [2.05, 4.69) is 10.2 Å². The van der Waals surface area contributed by atoms with E-state index in [1.54, 1.807) is 0 Å². The van der Waals surface area contributed by atoms with Gasteiger partial charge in [0.15, 0.2) is 0 Å². The molecule has 1 N–H and O–H groups in total. The van der Waals surface area contributed by atoms with Crippen LogP contribution in [0.2, 0.25) is 0 Å². The second-order valence-electron chi connectivity index (χ2n) is 5.01. The van der Waals surface area contributed by atoms with Gasteiger partial charge in [-0.15, -0.1) is 0 Å². The number of nitrogens with zero attached hydrogens (tertiary/aromatic N) is 2. The Labute approximate surface area is 102 Å². The third kappa shape index (κ3) is 3.70. The molecule has 5 nitrogen and oxygen atoms in total.